The second-order valence-electron chi connectivity index (χ2n) is 5.69. The number of hydrogen-bond acceptors (Lipinski definition) is 3. The van der Waals surface area contributed by atoms with Gasteiger partial charge in [0.15, 0.2) is 0 Å². The van der Waals surface area contributed by atoms with Gasteiger partial charge in [-0.3, -0.25) is 0 Å². The van der Waals surface area contributed by atoms with Crippen molar-refractivity contribution in [2.45, 2.75) is 51.4 Å². The van der Waals surface area contributed by atoms with Gasteiger partial charge in [0, 0.05) is 12.6 Å². The van der Waals surface area contributed by atoms with Crippen LogP contribution in [0, 0.1) is 5.92 Å². The van der Waals surface area contributed by atoms with Crippen LogP contribution >= 0.6 is 0 Å². The lowest BCUT2D eigenvalue weighted by molar-refractivity contribution is -0.0499. The molecule has 3 atom stereocenters. The summed E-state index contributed by atoms with van der Waals surface area (Å²) in [5.41, 5.74) is 0.901. The van der Waals surface area contributed by atoms with E-state index in [9.17, 15) is 13.9 Å². The first-order chi connectivity index (χ1) is 10.1. The number of aliphatic hydroxyl groups excluding tert-OH is 1. The molecular formula is C16H23F2NO2. The normalized spacial score (nSPS) is 24.0. The van der Waals surface area contributed by atoms with E-state index in [0.717, 1.165) is 37.8 Å². The molecule has 2 N–H and O–H groups in total. The third-order valence-corrected chi connectivity index (χ3v) is 4.14. The van der Waals surface area contributed by atoms with Gasteiger partial charge in [-0.2, -0.15) is 8.78 Å². The van der Waals surface area contributed by atoms with E-state index in [1.54, 1.807) is 12.1 Å². The Balaban J connectivity index is 1.89. The molecule has 0 aliphatic heterocycles. The van der Waals surface area contributed by atoms with Crippen LogP contribution in [-0.4, -0.2) is 24.4 Å². The van der Waals surface area contributed by atoms with Gasteiger partial charge in [0.2, 0.25) is 0 Å². The Labute approximate surface area is 124 Å². The molecule has 0 bridgehead atoms. The Bertz CT molecular complexity index is 442. The standard InChI is InChI=1S/C16H23F2NO2/c1-11(19-10-13-5-2-3-8-15(13)20)12-6-4-7-14(9-12)21-16(17)18/h4,6-7,9,11,13,15-16,19-20H,2-3,5,8,10H2,1H3. The molecule has 1 aliphatic carbocycles. The lowest BCUT2D eigenvalue weighted by Gasteiger charge is -2.29. The highest BCUT2D eigenvalue weighted by Gasteiger charge is 2.23. The van der Waals surface area contributed by atoms with Crippen LogP contribution in [0.4, 0.5) is 8.78 Å². The van der Waals surface area contributed by atoms with Crippen molar-refractivity contribution in [1.29, 1.82) is 0 Å². The second-order valence-corrected chi connectivity index (χ2v) is 5.69. The summed E-state index contributed by atoms with van der Waals surface area (Å²) in [6, 6.07) is 6.77. The molecule has 1 saturated carbocycles. The van der Waals surface area contributed by atoms with Crippen molar-refractivity contribution >= 4 is 0 Å². The highest BCUT2D eigenvalue weighted by Crippen LogP contribution is 2.25. The van der Waals surface area contributed by atoms with Crippen molar-refractivity contribution < 1.29 is 18.6 Å². The van der Waals surface area contributed by atoms with Crippen molar-refractivity contribution in [2.75, 3.05) is 6.54 Å². The monoisotopic (exact) mass is 299 g/mol. The van der Waals surface area contributed by atoms with Crippen LogP contribution < -0.4 is 10.1 Å². The van der Waals surface area contributed by atoms with Gasteiger partial charge >= 0.3 is 6.61 Å². The maximum Gasteiger partial charge on any atom is 0.387 e. The Kier molecular flexibility index (Phi) is 5.94. The van der Waals surface area contributed by atoms with Gasteiger partial charge in [-0.15, -0.1) is 0 Å². The SMILES string of the molecule is CC(NCC1CCCCC1O)c1cccc(OC(F)F)c1. The average molecular weight is 299 g/mol. The summed E-state index contributed by atoms with van der Waals surface area (Å²) in [5, 5.41) is 13.3. The van der Waals surface area contributed by atoms with E-state index in [1.165, 1.54) is 6.07 Å². The summed E-state index contributed by atoms with van der Waals surface area (Å²) in [6.45, 7) is -0.0835. The molecule has 21 heavy (non-hydrogen) atoms. The maximum atomic E-state index is 12.2. The zero-order chi connectivity index (χ0) is 15.2. The Morgan fingerprint density at radius 2 is 2.10 bits per heavy atom. The average Bonchev–Trinajstić information content (AvgIpc) is 2.45. The molecule has 2 rings (SSSR count). The second kappa shape index (κ2) is 7.71. The highest BCUT2D eigenvalue weighted by molar-refractivity contribution is 5.30. The highest BCUT2D eigenvalue weighted by atomic mass is 19.3. The molecule has 0 radical (unpaired) electrons. The van der Waals surface area contributed by atoms with E-state index in [1.807, 2.05) is 13.0 Å². The minimum atomic E-state index is -2.80. The summed E-state index contributed by atoms with van der Waals surface area (Å²) < 4.78 is 28.9. The van der Waals surface area contributed by atoms with Gasteiger partial charge in [0.1, 0.15) is 5.75 Å². The van der Waals surface area contributed by atoms with Crippen molar-refractivity contribution in [3.8, 4) is 5.75 Å². The molecule has 3 unspecified atom stereocenters. The molecule has 0 heterocycles. The molecule has 1 aromatic carbocycles. The first-order valence-corrected chi connectivity index (χ1v) is 7.52. The van der Waals surface area contributed by atoms with Crippen LogP contribution in [0.3, 0.4) is 0 Å². The van der Waals surface area contributed by atoms with Crippen LogP contribution in [0.1, 0.15) is 44.2 Å². The number of ether oxygens (including phenoxy) is 1. The van der Waals surface area contributed by atoms with Gasteiger partial charge in [0.25, 0.3) is 0 Å². The number of aliphatic hydroxyl groups is 1. The number of alkyl halides is 2. The Hall–Kier alpha value is -1.20. The van der Waals surface area contributed by atoms with Crippen LogP contribution in [0.15, 0.2) is 24.3 Å². The Morgan fingerprint density at radius 3 is 2.81 bits per heavy atom. The molecule has 1 aliphatic rings. The third kappa shape index (κ3) is 4.93. The molecule has 5 heteroatoms. The minimum absolute atomic E-state index is 0.0281. The quantitative estimate of drug-likeness (QED) is 0.845. The summed E-state index contributed by atoms with van der Waals surface area (Å²) in [4.78, 5) is 0. The first kappa shape index (κ1) is 16.2. The number of halogens is 2. The largest absolute Gasteiger partial charge is 0.435 e. The lowest BCUT2D eigenvalue weighted by atomic mass is 9.86. The molecule has 0 aromatic heterocycles. The molecule has 1 fully saturated rings. The van der Waals surface area contributed by atoms with E-state index in [0.29, 0.717) is 0 Å². The molecule has 118 valence electrons. The predicted octanol–water partition coefficient (Wildman–Crippen LogP) is 3.49. The molecule has 1 aromatic rings. The van der Waals surface area contributed by atoms with E-state index >= 15 is 0 Å². The van der Waals surface area contributed by atoms with Crippen molar-refractivity contribution in [1.82, 2.24) is 5.32 Å². The van der Waals surface area contributed by atoms with Gasteiger partial charge in [-0.05, 0) is 43.4 Å². The number of rotatable bonds is 6. The zero-order valence-corrected chi connectivity index (χ0v) is 12.3. The topological polar surface area (TPSA) is 41.5 Å². The van der Waals surface area contributed by atoms with Crippen LogP contribution in [0.5, 0.6) is 5.75 Å². The van der Waals surface area contributed by atoms with Gasteiger partial charge < -0.3 is 15.2 Å². The summed E-state index contributed by atoms with van der Waals surface area (Å²) in [5.74, 6) is 0.454. The van der Waals surface area contributed by atoms with Crippen molar-refractivity contribution in [3.63, 3.8) is 0 Å². The van der Waals surface area contributed by atoms with E-state index in [-0.39, 0.29) is 23.8 Å². The third-order valence-electron chi connectivity index (χ3n) is 4.14. The van der Waals surface area contributed by atoms with Crippen LogP contribution in [0.25, 0.3) is 0 Å². The predicted molar refractivity (Wildman–Crippen MR) is 77.5 cm³/mol. The van der Waals surface area contributed by atoms with Gasteiger partial charge in [0.05, 0.1) is 6.10 Å². The van der Waals surface area contributed by atoms with Crippen LogP contribution in [-0.2, 0) is 0 Å². The Morgan fingerprint density at radius 1 is 1.33 bits per heavy atom. The maximum absolute atomic E-state index is 12.2. The van der Waals surface area contributed by atoms with Gasteiger partial charge in [-0.25, -0.2) is 0 Å². The zero-order valence-electron chi connectivity index (χ0n) is 12.3. The van der Waals surface area contributed by atoms with Crippen molar-refractivity contribution in [3.05, 3.63) is 29.8 Å². The molecule has 0 spiro atoms. The first-order valence-electron chi connectivity index (χ1n) is 7.52. The molecule has 3 nitrogen and oxygen atoms in total. The smallest absolute Gasteiger partial charge is 0.387 e. The van der Waals surface area contributed by atoms with Crippen molar-refractivity contribution in [2.24, 2.45) is 5.92 Å². The molecular weight excluding hydrogens is 276 g/mol. The van der Waals surface area contributed by atoms with E-state index < -0.39 is 6.61 Å². The molecule has 0 saturated heterocycles. The summed E-state index contributed by atoms with van der Waals surface area (Å²) in [6.07, 6.45) is 3.94. The number of benzene rings is 1. The summed E-state index contributed by atoms with van der Waals surface area (Å²) >= 11 is 0. The van der Waals surface area contributed by atoms with E-state index in [4.69, 9.17) is 0 Å². The lowest BCUT2D eigenvalue weighted by Crippen LogP contribution is -2.34. The fourth-order valence-corrected chi connectivity index (χ4v) is 2.83. The van der Waals surface area contributed by atoms with E-state index in [2.05, 4.69) is 10.1 Å². The fourth-order valence-electron chi connectivity index (χ4n) is 2.83. The fraction of sp³-hybridized carbons (Fsp3) is 0.625. The van der Waals surface area contributed by atoms with Gasteiger partial charge in [-0.1, -0.05) is 25.0 Å². The summed E-state index contributed by atoms with van der Waals surface area (Å²) in [7, 11) is 0. The number of nitrogens with one attached hydrogen (secondary N) is 1. The van der Waals surface area contributed by atoms with Crippen LogP contribution in [0.2, 0.25) is 0 Å². The minimum Gasteiger partial charge on any atom is -0.435 e. The molecule has 0 amide bonds. The number of hydrogen-bond donors (Lipinski definition) is 2.